The molecule has 1 atom stereocenters. The molecule has 0 saturated carbocycles. The Bertz CT molecular complexity index is 529. The Kier molecular flexibility index (Phi) is 5.45. The number of ether oxygens (including phenoxy) is 1. The highest BCUT2D eigenvalue weighted by Gasteiger charge is 2.31. The van der Waals surface area contributed by atoms with Crippen molar-refractivity contribution in [3.05, 3.63) is 34.9 Å². The molecule has 0 radical (unpaired) electrons. The van der Waals surface area contributed by atoms with E-state index in [9.17, 15) is 18.0 Å². The van der Waals surface area contributed by atoms with E-state index in [-0.39, 0.29) is 18.6 Å². The van der Waals surface area contributed by atoms with Crippen molar-refractivity contribution >= 4 is 5.97 Å². The van der Waals surface area contributed by atoms with Crippen LogP contribution >= 0.6 is 0 Å². The van der Waals surface area contributed by atoms with Crippen molar-refractivity contribution in [3.8, 4) is 0 Å². The van der Waals surface area contributed by atoms with Gasteiger partial charge in [0.2, 0.25) is 0 Å². The molecule has 0 aliphatic heterocycles. The molecule has 1 aromatic carbocycles. The van der Waals surface area contributed by atoms with Crippen molar-refractivity contribution in [1.82, 2.24) is 5.32 Å². The number of carbonyl (C=O) groups excluding carboxylic acids is 1. The van der Waals surface area contributed by atoms with Crippen LogP contribution in [0.3, 0.4) is 0 Å². The number of aryl methyl sites for hydroxylation is 2. The van der Waals surface area contributed by atoms with E-state index in [0.717, 1.165) is 23.6 Å². The van der Waals surface area contributed by atoms with E-state index in [1.807, 2.05) is 0 Å². The number of nitrogens with one attached hydrogen (secondary N) is 1. The number of rotatable bonds is 4. The van der Waals surface area contributed by atoms with Gasteiger partial charge in [-0.3, -0.25) is 4.79 Å². The smallest absolute Gasteiger partial charge is 0.416 e. The van der Waals surface area contributed by atoms with Gasteiger partial charge in [-0.15, -0.1) is 0 Å². The Morgan fingerprint density at radius 1 is 1.27 bits per heavy atom. The molecule has 0 aromatic heterocycles. The van der Waals surface area contributed by atoms with Gasteiger partial charge in [-0.2, -0.15) is 13.2 Å². The summed E-state index contributed by atoms with van der Waals surface area (Å²) in [5.41, 5.74) is 1.13. The first kappa shape index (κ1) is 16.8. The fourth-order valence-electron chi connectivity index (χ4n) is 2.73. The van der Waals surface area contributed by atoms with Crippen molar-refractivity contribution < 1.29 is 22.7 Å². The van der Waals surface area contributed by atoms with Crippen LogP contribution in [-0.4, -0.2) is 25.2 Å². The maximum Gasteiger partial charge on any atom is 0.416 e. The van der Waals surface area contributed by atoms with Gasteiger partial charge in [0.25, 0.3) is 0 Å². The molecule has 1 aromatic rings. The van der Waals surface area contributed by atoms with Gasteiger partial charge in [0, 0.05) is 6.04 Å². The van der Waals surface area contributed by atoms with Crippen LogP contribution in [0.5, 0.6) is 0 Å². The minimum Gasteiger partial charge on any atom is -0.465 e. The van der Waals surface area contributed by atoms with Crippen LogP contribution in [0.1, 0.15) is 36.5 Å². The van der Waals surface area contributed by atoms with Crippen LogP contribution in [0.2, 0.25) is 0 Å². The van der Waals surface area contributed by atoms with Crippen LogP contribution in [0.4, 0.5) is 13.2 Å². The molecule has 0 spiro atoms. The van der Waals surface area contributed by atoms with Gasteiger partial charge >= 0.3 is 12.1 Å². The normalized spacial score (nSPS) is 18.5. The quantitative estimate of drug-likeness (QED) is 0.685. The molecule has 1 aliphatic carbocycles. The van der Waals surface area contributed by atoms with Gasteiger partial charge in [0.15, 0.2) is 0 Å². The summed E-state index contributed by atoms with van der Waals surface area (Å²) in [5, 5.41) is 3.13. The molecule has 1 unspecified atom stereocenters. The predicted molar refractivity (Wildman–Crippen MR) is 76.5 cm³/mol. The number of carbonyl (C=O) groups is 1. The van der Waals surface area contributed by atoms with E-state index in [4.69, 9.17) is 4.74 Å². The molecule has 0 heterocycles. The van der Waals surface area contributed by atoms with Gasteiger partial charge in [0.1, 0.15) is 0 Å². The number of hydrogen-bond donors (Lipinski definition) is 1. The second-order valence-corrected chi connectivity index (χ2v) is 5.44. The first-order chi connectivity index (χ1) is 10.4. The summed E-state index contributed by atoms with van der Waals surface area (Å²) in [7, 11) is 0. The van der Waals surface area contributed by atoms with E-state index >= 15 is 0 Å². The van der Waals surface area contributed by atoms with Gasteiger partial charge in [0.05, 0.1) is 18.7 Å². The second-order valence-electron chi connectivity index (χ2n) is 5.44. The van der Waals surface area contributed by atoms with E-state index in [0.29, 0.717) is 25.9 Å². The minimum absolute atomic E-state index is 0.117. The first-order valence-electron chi connectivity index (χ1n) is 7.48. The lowest BCUT2D eigenvalue weighted by molar-refractivity contribution is -0.142. The molecule has 0 saturated heterocycles. The molecule has 1 N–H and O–H groups in total. The van der Waals surface area contributed by atoms with Gasteiger partial charge in [-0.25, -0.2) is 0 Å². The summed E-state index contributed by atoms with van der Waals surface area (Å²) in [6.45, 7) is 2.23. The standard InChI is InChI=1S/C16H20F3NO2/c1-2-22-15(21)10-20-14-7-4-11-3-6-13(16(17,18)19)9-12(11)5-8-14/h3,6,9,14,20H,2,4-5,7-8,10H2,1H3. The third kappa shape index (κ3) is 4.47. The average Bonchev–Trinajstić information content (AvgIpc) is 2.66. The molecule has 1 aliphatic rings. The zero-order valence-electron chi connectivity index (χ0n) is 12.5. The van der Waals surface area contributed by atoms with Crippen molar-refractivity contribution in [3.63, 3.8) is 0 Å². The summed E-state index contributed by atoms with van der Waals surface area (Å²) in [5.74, 6) is -0.302. The Labute approximate surface area is 127 Å². The number of fused-ring (bicyclic) bond motifs is 1. The summed E-state index contributed by atoms with van der Waals surface area (Å²) in [6, 6.07) is 4.09. The van der Waals surface area contributed by atoms with Crippen LogP contribution in [0.15, 0.2) is 18.2 Å². The number of alkyl halides is 3. The second kappa shape index (κ2) is 7.13. The molecule has 0 amide bonds. The third-order valence-corrected chi connectivity index (χ3v) is 3.90. The van der Waals surface area contributed by atoms with Gasteiger partial charge in [-0.05, 0) is 55.9 Å². The van der Waals surface area contributed by atoms with Crippen molar-refractivity contribution in [2.75, 3.05) is 13.2 Å². The Morgan fingerprint density at radius 3 is 2.59 bits per heavy atom. The van der Waals surface area contributed by atoms with Crippen LogP contribution in [0.25, 0.3) is 0 Å². The maximum absolute atomic E-state index is 12.8. The largest absolute Gasteiger partial charge is 0.465 e. The topological polar surface area (TPSA) is 38.3 Å². The van der Waals surface area contributed by atoms with Crippen LogP contribution in [0, 0.1) is 0 Å². The van der Waals surface area contributed by atoms with Crippen LogP contribution < -0.4 is 5.32 Å². The maximum atomic E-state index is 12.8. The van der Waals surface area contributed by atoms with E-state index in [1.54, 1.807) is 13.0 Å². The fraction of sp³-hybridized carbons (Fsp3) is 0.562. The molecule has 3 nitrogen and oxygen atoms in total. The summed E-state index contributed by atoms with van der Waals surface area (Å²) < 4.78 is 43.1. The average molecular weight is 315 g/mol. The predicted octanol–water partition coefficient (Wildman–Crippen LogP) is 3.11. The zero-order valence-corrected chi connectivity index (χ0v) is 12.5. The molecule has 2 rings (SSSR count). The highest BCUT2D eigenvalue weighted by Crippen LogP contribution is 2.32. The number of benzene rings is 1. The van der Waals surface area contributed by atoms with Gasteiger partial charge < -0.3 is 10.1 Å². The molecule has 0 bridgehead atoms. The number of halogens is 3. The lowest BCUT2D eigenvalue weighted by atomic mass is 10.00. The number of hydrogen-bond acceptors (Lipinski definition) is 3. The highest BCUT2D eigenvalue weighted by molar-refractivity contribution is 5.71. The molecule has 6 heteroatoms. The van der Waals surface area contributed by atoms with E-state index in [2.05, 4.69) is 5.32 Å². The van der Waals surface area contributed by atoms with Crippen molar-refractivity contribution in [2.45, 2.75) is 44.8 Å². The number of esters is 1. The Hall–Kier alpha value is -1.56. The van der Waals surface area contributed by atoms with E-state index < -0.39 is 11.7 Å². The lowest BCUT2D eigenvalue weighted by Crippen LogP contribution is -2.34. The molecule has 22 heavy (non-hydrogen) atoms. The fourth-order valence-corrected chi connectivity index (χ4v) is 2.73. The van der Waals surface area contributed by atoms with E-state index in [1.165, 1.54) is 6.07 Å². The Morgan fingerprint density at radius 2 is 1.95 bits per heavy atom. The third-order valence-electron chi connectivity index (χ3n) is 3.90. The Balaban J connectivity index is 1.97. The monoisotopic (exact) mass is 315 g/mol. The zero-order chi connectivity index (χ0) is 16.2. The lowest BCUT2D eigenvalue weighted by Gasteiger charge is -2.15. The molecular weight excluding hydrogens is 295 g/mol. The summed E-state index contributed by atoms with van der Waals surface area (Å²) in [4.78, 5) is 11.3. The molecular formula is C16H20F3NO2. The first-order valence-corrected chi connectivity index (χ1v) is 7.48. The molecule has 122 valence electrons. The highest BCUT2D eigenvalue weighted by atomic mass is 19.4. The molecule has 0 fully saturated rings. The summed E-state index contributed by atoms with van der Waals surface area (Å²) in [6.07, 6.45) is -1.48. The minimum atomic E-state index is -4.30. The van der Waals surface area contributed by atoms with Gasteiger partial charge in [-0.1, -0.05) is 6.07 Å². The van der Waals surface area contributed by atoms with Crippen LogP contribution in [-0.2, 0) is 28.5 Å². The SMILES string of the molecule is CCOC(=O)CNC1CCc2ccc(C(F)(F)F)cc2CC1. The summed E-state index contributed by atoms with van der Waals surface area (Å²) >= 11 is 0. The van der Waals surface area contributed by atoms with Crippen molar-refractivity contribution in [1.29, 1.82) is 0 Å². The van der Waals surface area contributed by atoms with Crippen molar-refractivity contribution in [2.24, 2.45) is 0 Å².